The molecular formula is C19H31F. The third kappa shape index (κ3) is 4.33. The number of rotatable bonds is 3. The second kappa shape index (κ2) is 8.44. The molecule has 3 rings (SSSR count). The molecule has 0 radical (unpaired) electrons. The molecule has 2 aliphatic rings. The second-order valence-corrected chi connectivity index (χ2v) is 5.56. The van der Waals surface area contributed by atoms with Crippen molar-refractivity contribution in [2.45, 2.75) is 79.1 Å². The lowest BCUT2D eigenvalue weighted by Gasteiger charge is -2.09. The molecule has 0 amide bonds. The van der Waals surface area contributed by atoms with Gasteiger partial charge in [0.25, 0.3) is 0 Å². The summed E-state index contributed by atoms with van der Waals surface area (Å²) >= 11 is 0. The van der Waals surface area contributed by atoms with Gasteiger partial charge in [-0.1, -0.05) is 53.5 Å². The minimum atomic E-state index is 0.0356. The number of aryl methyl sites for hydroxylation is 2. The summed E-state index contributed by atoms with van der Waals surface area (Å²) in [5.41, 5.74) is 3.62. The predicted octanol–water partition coefficient (Wildman–Crippen LogP) is 6.27. The van der Waals surface area contributed by atoms with E-state index in [4.69, 9.17) is 0 Å². The number of benzene rings is 1. The van der Waals surface area contributed by atoms with E-state index in [0.717, 1.165) is 24.3 Å². The summed E-state index contributed by atoms with van der Waals surface area (Å²) in [6.07, 6.45) is 7.11. The molecule has 0 N–H and O–H groups in total. The van der Waals surface area contributed by atoms with E-state index in [0.29, 0.717) is 5.92 Å². The van der Waals surface area contributed by atoms with Crippen molar-refractivity contribution in [1.82, 2.24) is 0 Å². The Hall–Kier alpha value is -0.850. The summed E-state index contributed by atoms with van der Waals surface area (Å²) in [4.78, 5) is 0. The summed E-state index contributed by atoms with van der Waals surface area (Å²) in [5, 5.41) is 0. The van der Waals surface area contributed by atoms with Crippen molar-refractivity contribution in [3.8, 4) is 0 Å². The third-order valence-corrected chi connectivity index (χ3v) is 4.20. The Morgan fingerprint density at radius 1 is 1.05 bits per heavy atom. The maximum Gasteiger partial charge on any atom is 0.126 e. The lowest BCUT2D eigenvalue weighted by molar-refractivity contribution is 0.595. The molecule has 1 saturated carbocycles. The highest BCUT2D eigenvalue weighted by Crippen LogP contribution is 2.37. The third-order valence-electron chi connectivity index (χ3n) is 4.20. The van der Waals surface area contributed by atoms with Gasteiger partial charge in [0.2, 0.25) is 0 Å². The van der Waals surface area contributed by atoms with Gasteiger partial charge >= 0.3 is 0 Å². The molecule has 1 atom stereocenters. The number of hydrogen-bond donors (Lipinski definition) is 0. The number of hydrogen-bond acceptors (Lipinski definition) is 0. The maximum absolute atomic E-state index is 13.8. The minimum absolute atomic E-state index is 0.0356. The van der Waals surface area contributed by atoms with Gasteiger partial charge in [0.1, 0.15) is 5.82 Å². The Morgan fingerprint density at radius 2 is 1.70 bits per heavy atom. The lowest BCUT2D eigenvalue weighted by atomic mass is 9.97. The van der Waals surface area contributed by atoms with E-state index in [2.05, 4.69) is 13.0 Å². The fraction of sp³-hybridized carbons (Fsp3) is 0.684. The molecule has 0 aromatic heterocycles. The van der Waals surface area contributed by atoms with Crippen LogP contribution in [0.1, 0.15) is 82.9 Å². The van der Waals surface area contributed by atoms with Crippen LogP contribution in [0.4, 0.5) is 4.39 Å². The quantitative estimate of drug-likeness (QED) is 0.611. The molecule has 1 aromatic carbocycles. The molecule has 114 valence electrons. The van der Waals surface area contributed by atoms with E-state index in [9.17, 15) is 4.39 Å². The van der Waals surface area contributed by atoms with Crippen molar-refractivity contribution in [3.05, 3.63) is 34.6 Å². The first-order valence-electron chi connectivity index (χ1n) is 8.55. The van der Waals surface area contributed by atoms with Crippen molar-refractivity contribution >= 4 is 0 Å². The second-order valence-electron chi connectivity index (χ2n) is 5.56. The predicted molar refractivity (Wildman–Crippen MR) is 86.9 cm³/mol. The van der Waals surface area contributed by atoms with Crippen LogP contribution in [0.15, 0.2) is 12.1 Å². The first-order chi connectivity index (χ1) is 9.74. The van der Waals surface area contributed by atoms with E-state index in [1.165, 1.54) is 36.8 Å². The van der Waals surface area contributed by atoms with Crippen LogP contribution in [0.5, 0.6) is 0 Å². The summed E-state index contributed by atoms with van der Waals surface area (Å²) < 4.78 is 13.8. The van der Waals surface area contributed by atoms with Crippen LogP contribution >= 0.6 is 0 Å². The molecule has 0 nitrogen and oxygen atoms in total. The standard InChI is InChI=1S/C15H19F.2C2H6/c1-10-2-6-12-9-15(16)13(8-14(10)12)7-5-11-3-4-11;2*1-2/h8-11H,2-7H2,1H3;2*1-2H3/t10-;;/m0../s1. The Kier molecular flexibility index (Phi) is 7.26. The molecule has 0 spiro atoms. The molecule has 0 unspecified atom stereocenters. The van der Waals surface area contributed by atoms with Gasteiger partial charge in [-0.15, -0.1) is 0 Å². The van der Waals surface area contributed by atoms with Crippen LogP contribution < -0.4 is 0 Å². The Labute approximate surface area is 124 Å². The fourth-order valence-corrected chi connectivity index (χ4v) is 2.84. The summed E-state index contributed by atoms with van der Waals surface area (Å²) in [6, 6.07) is 3.94. The average Bonchev–Trinajstić information content (AvgIpc) is 3.26. The molecular weight excluding hydrogens is 247 g/mol. The van der Waals surface area contributed by atoms with Crippen LogP contribution in [0, 0.1) is 11.7 Å². The molecule has 1 aromatic rings. The van der Waals surface area contributed by atoms with Gasteiger partial charge in [0, 0.05) is 0 Å². The van der Waals surface area contributed by atoms with Gasteiger partial charge in [-0.25, -0.2) is 4.39 Å². The maximum atomic E-state index is 13.8. The monoisotopic (exact) mass is 278 g/mol. The molecule has 0 saturated heterocycles. The Morgan fingerprint density at radius 3 is 2.30 bits per heavy atom. The van der Waals surface area contributed by atoms with Gasteiger partial charge in [0.15, 0.2) is 0 Å². The average molecular weight is 278 g/mol. The van der Waals surface area contributed by atoms with Gasteiger partial charge in [-0.3, -0.25) is 0 Å². The largest absolute Gasteiger partial charge is 0.207 e. The smallest absolute Gasteiger partial charge is 0.126 e. The molecule has 1 fully saturated rings. The number of halogens is 1. The van der Waals surface area contributed by atoms with Crippen molar-refractivity contribution in [2.24, 2.45) is 5.92 Å². The highest BCUT2D eigenvalue weighted by molar-refractivity contribution is 5.39. The zero-order valence-corrected chi connectivity index (χ0v) is 13.9. The van der Waals surface area contributed by atoms with E-state index >= 15 is 0 Å². The van der Waals surface area contributed by atoms with E-state index in [1.807, 2.05) is 27.7 Å². The molecule has 20 heavy (non-hydrogen) atoms. The summed E-state index contributed by atoms with van der Waals surface area (Å²) in [7, 11) is 0. The Bertz CT molecular complexity index is 404. The van der Waals surface area contributed by atoms with Crippen LogP contribution in [0.3, 0.4) is 0 Å². The van der Waals surface area contributed by atoms with Gasteiger partial charge in [0.05, 0.1) is 0 Å². The highest BCUT2D eigenvalue weighted by Gasteiger charge is 2.23. The zero-order chi connectivity index (χ0) is 15.1. The van der Waals surface area contributed by atoms with Gasteiger partial charge in [-0.05, 0) is 60.3 Å². The SMILES string of the molecule is CC.CC.C[C@H]1CCc2cc(F)c(CCC3CC3)cc21. The highest BCUT2D eigenvalue weighted by atomic mass is 19.1. The summed E-state index contributed by atoms with van der Waals surface area (Å²) in [5.74, 6) is 1.56. The van der Waals surface area contributed by atoms with Crippen LogP contribution in [-0.4, -0.2) is 0 Å². The molecule has 0 bridgehead atoms. The minimum Gasteiger partial charge on any atom is -0.207 e. The van der Waals surface area contributed by atoms with Crippen LogP contribution in [0.2, 0.25) is 0 Å². The number of fused-ring (bicyclic) bond motifs is 1. The van der Waals surface area contributed by atoms with Gasteiger partial charge in [-0.2, -0.15) is 0 Å². The van der Waals surface area contributed by atoms with Crippen molar-refractivity contribution < 1.29 is 4.39 Å². The van der Waals surface area contributed by atoms with E-state index in [1.54, 1.807) is 6.07 Å². The zero-order valence-electron chi connectivity index (χ0n) is 13.9. The van der Waals surface area contributed by atoms with Crippen LogP contribution in [-0.2, 0) is 12.8 Å². The lowest BCUT2D eigenvalue weighted by Crippen LogP contribution is -1.97. The molecule has 0 aliphatic heterocycles. The van der Waals surface area contributed by atoms with E-state index < -0.39 is 0 Å². The summed E-state index contributed by atoms with van der Waals surface area (Å²) in [6.45, 7) is 10.3. The van der Waals surface area contributed by atoms with Crippen molar-refractivity contribution in [3.63, 3.8) is 0 Å². The van der Waals surface area contributed by atoms with Crippen molar-refractivity contribution in [2.75, 3.05) is 0 Å². The normalized spacial score (nSPS) is 19.4. The van der Waals surface area contributed by atoms with Gasteiger partial charge < -0.3 is 0 Å². The van der Waals surface area contributed by atoms with Crippen LogP contribution in [0.25, 0.3) is 0 Å². The first-order valence-corrected chi connectivity index (χ1v) is 8.55. The molecule has 1 heteroatoms. The first kappa shape index (κ1) is 17.2. The topological polar surface area (TPSA) is 0 Å². The van der Waals surface area contributed by atoms with Crippen molar-refractivity contribution in [1.29, 1.82) is 0 Å². The van der Waals surface area contributed by atoms with E-state index in [-0.39, 0.29) is 5.82 Å². The molecule has 0 heterocycles. The molecule has 2 aliphatic carbocycles. The fourth-order valence-electron chi connectivity index (χ4n) is 2.84. The Balaban J connectivity index is 0.000000461.